The zero-order valence-corrected chi connectivity index (χ0v) is 12.7. The van der Waals surface area contributed by atoms with Gasteiger partial charge in [-0.05, 0) is 47.0 Å². The first-order chi connectivity index (χ1) is 8.63. The molecule has 0 amide bonds. The second-order valence-corrected chi connectivity index (χ2v) is 5.36. The molecule has 5 heteroatoms. The molecular formula is C13H15BrClN3. The van der Waals surface area contributed by atoms with Crippen LogP contribution in [0.4, 0.5) is 5.95 Å². The van der Waals surface area contributed by atoms with Crippen LogP contribution in [-0.4, -0.2) is 16.1 Å². The highest BCUT2D eigenvalue weighted by Gasteiger charge is 2.10. The fourth-order valence-electron chi connectivity index (χ4n) is 1.69. The number of halogens is 2. The van der Waals surface area contributed by atoms with Gasteiger partial charge in [-0.2, -0.15) is 0 Å². The van der Waals surface area contributed by atoms with Crippen molar-refractivity contribution >= 4 is 33.5 Å². The number of rotatable bonds is 4. The van der Waals surface area contributed by atoms with Gasteiger partial charge in [0, 0.05) is 28.4 Å². The van der Waals surface area contributed by atoms with E-state index < -0.39 is 0 Å². The topological polar surface area (TPSA) is 29.9 Å². The molecule has 0 atom stereocenters. The van der Waals surface area contributed by atoms with Gasteiger partial charge in [0.2, 0.25) is 5.95 Å². The van der Waals surface area contributed by atoms with Crippen molar-refractivity contribution in [1.82, 2.24) is 9.55 Å². The van der Waals surface area contributed by atoms with Gasteiger partial charge in [-0.1, -0.05) is 18.5 Å². The number of anilines is 1. The standard InChI is InChI=1S/C13H15BrClN3/c1-3-4-16-13-17-5-6-18(13)12-8-11(15)9(2)7-10(12)14/h5-8H,3-4H2,1-2H3,(H,16,17). The first-order valence-electron chi connectivity index (χ1n) is 5.86. The van der Waals surface area contributed by atoms with Gasteiger partial charge in [0.1, 0.15) is 0 Å². The molecule has 0 fully saturated rings. The van der Waals surface area contributed by atoms with E-state index in [0.29, 0.717) is 0 Å². The number of benzene rings is 1. The summed E-state index contributed by atoms with van der Waals surface area (Å²) in [4.78, 5) is 4.31. The van der Waals surface area contributed by atoms with E-state index in [0.717, 1.165) is 39.7 Å². The van der Waals surface area contributed by atoms with Gasteiger partial charge in [-0.3, -0.25) is 4.57 Å². The second kappa shape index (κ2) is 5.76. The van der Waals surface area contributed by atoms with Crippen molar-refractivity contribution in [2.24, 2.45) is 0 Å². The van der Waals surface area contributed by atoms with E-state index in [9.17, 15) is 0 Å². The van der Waals surface area contributed by atoms with Gasteiger partial charge < -0.3 is 5.32 Å². The maximum atomic E-state index is 6.18. The zero-order valence-electron chi connectivity index (χ0n) is 10.4. The first kappa shape index (κ1) is 13.4. The van der Waals surface area contributed by atoms with E-state index in [-0.39, 0.29) is 0 Å². The molecule has 0 saturated heterocycles. The summed E-state index contributed by atoms with van der Waals surface area (Å²) in [5.41, 5.74) is 2.04. The first-order valence-corrected chi connectivity index (χ1v) is 7.03. The zero-order chi connectivity index (χ0) is 13.1. The van der Waals surface area contributed by atoms with E-state index in [1.54, 1.807) is 6.20 Å². The fraction of sp³-hybridized carbons (Fsp3) is 0.308. The summed E-state index contributed by atoms with van der Waals surface area (Å²) in [6.07, 6.45) is 4.75. The molecule has 0 bridgehead atoms. The van der Waals surface area contributed by atoms with Crippen LogP contribution in [0, 0.1) is 6.92 Å². The predicted molar refractivity (Wildman–Crippen MR) is 79.8 cm³/mol. The molecule has 3 nitrogen and oxygen atoms in total. The van der Waals surface area contributed by atoms with Crippen LogP contribution in [0.2, 0.25) is 5.02 Å². The number of aryl methyl sites for hydroxylation is 1. The Bertz CT molecular complexity index is 551. The summed E-state index contributed by atoms with van der Waals surface area (Å²) in [6.45, 7) is 5.01. The number of hydrogen-bond donors (Lipinski definition) is 1. The molecule has 0 radical (unpaired) electrons. The van der Waals surface area contributed by atoms with Crippen molar-refractivity contribution in [1.29, 1.82) is 0 Å². The molecule has 0 aliphatic carbocycles. The smallest absolute Gasteiger partial charge is 0.207 e. The van der Waals surface area contributed by atoms with Crippen LogP contribution in [0.15, 0.2) is 29.0 Å². The summed E-state index contributed by atoms with van der Waals surface area (Å²) in [7, 11) is 0. The van der Waals surface area contributed by atoms with Crippen molar-refractivity contribution in [2.75, 3.05) is 11.9 Å². The van der Waals surface area contributed by atoms with Gasteiger partial charge in [0.05, 0.1) is 5.69 Å². The molecule has 2 aromatic rings. The number of nitrogens with zero attached hydrogens (tertiary/aromatic N) is 2. The van der Waals surface area contributed by atoms with E-state index in [4.69, 9.17) is 11.6 Å². The summed E-state index contributed by atoms with van der Waals surface area (Å²) < 4.78 is 2.99. The number of aromatic nitrogens is 2. The van der Waals surface area contributed by atoms with Crippen LogP contribution in [0.25, 0.3) is 5.69 Å². The van der Waals surface area contributed by atoms with Crippen molar-refractivity contribution in [3.63, 3.8) is 0 Å². The molecule has 0 spiro atoms. The third-order valence-corrected chi connectivity index (χ3v) is 3.70. The number of hydrogen-bond acceptors (Lipinski definition) is 2. The van der Waals surface area contributed by atoms with Crippen molar-refractivity contribution in [2.45, 2.75) is 20.3 Å². The molecule has 18 heavy (non-hydrogen) atoms. The van der Waals surface area contributed by atoms with Gasteiger partial charge in [-0.15, -0.1) is 0 Å². The van der Waals surface area contributed by atoms with Crippen LogP contribution in [-0.2, 0) is 0 Å². The molecule has 96 valence electrons. The minimum absolute atomic E-state index is 0.753. The summed E-state index contributed by atoms with van der Waals surface area (Å²) in [6, 6.07) is 3.96. The maximum Gasteiger partial charge on any atom is 0.207 e. The lowest BCUT2D eigenvalue weighted by atomic mass is 10.2. The molecule has 1 N–H and O–H groups in total. The number of nitrogens with one attached hydrogen (secondary N) is 1. The van der Waals surface area contributed by atoms with Crippen LogP contribution >= 0.6 is 27.5 Å². The highest BCUT2D eigenvalue weighted by Crippen LogP contribution is 2.29. The summed E-state index contributed by atoms with van der Waals surface area (Å²) in [5.74, 6) is 0.831. The Hall–Kier alpha value is -1.000. The lowest BCUT2D eigenvalue weighted by Gasteiger charge is -2.12. The Morgan fingerprint density at radius 1 is 1.44 bits per heavy atom. The number of imidazole rings is 1. The molecule has 0 aliphatic heterocycles. The molecule has 2 rings (SSSR count). The quantitative estimate of drug-likeness (QED) is 0.900. The van der Waals surface area contributed by atoms with Gasteiger partial charge in [0.15, 0.2) is 0 Å². The highest BCUT2D eigenvalue weighted by atomic mass is 79.9. The van der Waals surface area contributed by atoms with E-state index in [2.05, 4.69) is 33.2 Å². The highest BCUT2D eigenvalue weighted by molar-refractivity contribution is 9.10. The van der Waals surface area contributed by atoms with Crippen LogP contribution in [0.3, 0.4) is 0 Å². The van der Waals surface area contributed by atoms with Crippen LogP contribution < -0.4 is 5.32 Å². The second-order valence-electron chi connectivity index (χ2n) is 4.10. The van der Waals surface area contributed by atoms with Crippen molar-refractivity contribution in [3.8, 4) is 5.69 Å². The fourth-order valence-corrected chi connectivity index (χ4v) is 2.49. The average molecular weight is 329 g/mol. The average Bonchev–Trinajstić information content (AvgIpc) is 2.79. The van der Waals surface area contributed by atoms with Crippen LogP contribution in [0.1, 0.15) is 18.9 Å². The van der Waals surface area contributed by atoms with Crippen molar-refractivity contribution in [3.05, 3.63) is 39.6 Å². The van der Waals surface area contributed by atoms with Crippen LogP contribution in [0.5, 0.6) is 0 Å². The predicted octanol–water partition coefficient (Wildman–Crippen LogP) is 4.42. The Kier molecular flexibility index (Phi) is 4.30. The Balaban J connectivity index is 2.42. The molecular weight excluding hydrogens is 314 g/mol. The third-order valence-electron chi connectivity index (χ3n) is 2.66. The lowest BCUT2D eigenvalue weighted by molar-refractivity contribution is 0.935. The van der Waals surface area contributed by atoms with Gasteiger partial charge in [0.25, 0.3) is 0 Å². The van der Waals surface area contributed by atoms with E-state index >= 15 is 0 Å². The lowest BCUT2D eigenvalue weighted by Crippen LogP contribution is -2.07. The largest absolute Gasteiger partial charge is 0.355 e. The summed E-state index contributed by atoms with van der Waals surface area (Å²) in [5, 5.41) is 4.04. The minimum Gasteiger partial charge on any atom is -0.355 e. The van der Waals surface area contributed by atoms with Gasteiger partial charge in [-0.25, -0.2) is 4.98 Å². The Labute approximate surface area is 120 Å². The van der Waals surface area contributed by atoms with Gasteiger partial charge >= 0.3 is 0 Å². The summed E-state index contributed by atoms with van der Waals surface area (Å²) >= 11 is 9.75. The maximum absolute atomic E-state index is 6.18. The van der Waals surface area contributed by atoms with E-state index in [1.165, 1.54) is 0 Å². The third kappa shape index (κ3) is 2.70. The SMILES string of the molecule is CCCNc1nccn1-c1cc(Cl)c(C)cc1Br. The van der Waals surface area contributed by atoms with Crippen molar-refractivity contribution < 1.29 is 0 Å². The minimum atomic E-state index is 0.753. The van der Waals surface area contributed by atoms with E-state index in [1.807, 2.05) is 29.8 Å². The molecule has 1 heterocycles. The Morgan fingerprint density at radius 3 is 2.94 bits per heavy atom. The monoisotopic (exact) mass is 327 g/mol. The molecule has 1 aromatic carbocycles. The molecule has 0 unspecified atom stereocenters. The molecule has 0 aliphatic rings. The molecule has 1 aromatic heterocycles. The normalized spacial score (nSPS) is 10.7. The Morgan fingerprint density at radius 2 is 2.22 bits per heavy atom. The molecule has 0 saturated carbocycles.